The number of pyridine rings is 1. The Labute approximate surface area is 114 Å². The van der Waals surface area contributed by atoms with E-state index in [4.69, 9.17) is 0 Å². The number of hydrogen-bond acceptors (Lipinski definition) is 4. The lowest BCUT2D eigenvalue weighted by atomic mass is 10.1. The molecule has 0 amide bonds. The summed E-state index contributed by atoms with van der Waals surface area (Å²) in [6.07, 6.45) is 2.95. The molecular weight excluding hydrogens is 244 g/mol. The Bertz CT molecular complexity index is 337. The summed E-state index contributed by atoms with van der Waals surface area (Å²) < 4.78 is 0.291. The van der Waals surface area contributed by atoms with Gasteiger partial charge >= 0.3 is 0 Å². The molecule has 18 heavy (non-hydrogen) atoms. The summed E-state index contributed by atoms with van der Waals surface area (Å²) in [5.41, 5.74) is 0.910. The van der Waals surface area contributed by atoms with Crippen LogP contribution in [0.2, 0.25) is 0 Å². The summed E-state index contributed by atoms with van der Waals surface area (Å²) in [6.45, 7) is 9.39. The van der Waals surface area contributed by atoms with Crippen LogP contribution < -0.4 is 5.32 Å². The van der Waals surface area contributed by atoms with Gasteiger partial charge in [-0.25, -0.2) is 0 Å². The van der Waals surface area contributed by atoms with Crippen molar-refractivity contribution in [1.29, 1.82) is 0 Å². The summed E-state index contributed by atoms with van der Waals surface area (Å²) in [5.74, 6) is 1.05. The minimum Gasteiger partial charge on any atom is -0.387 e. The Hall–Kier alpha value is -0.580. The van der Waals surface area contributed by atoms with Gasteiger partial charge in [0.1, 0.15) is 0 Å². The Balaban J connectivity index is 2.28. The van der Waals surface area contributed by atoms with Crippen molar-refractivity contribution in [2.75, 3.05) is 12.3 Å². The van der Waals surface area contributed by atoms with Crippen LogP contribution in [-0.4, -0.2) is 33.2 Å². The quantitative estimate of drug-likeness (QED) is 0.832. The highest BCUT2D eigenvalue weighted by Gasteiger charge is 2.14. The van der Waals surface area contributed by atoms with E-state index in [1.165, 1.54) is 0 Å². The minimum atomic E-state index is -0.463. The van der Waals surface area contributed by atoms with Crippen LogP contribution in [0, 0.1) is 0 Å². The number of aliphatic hydroxyl groups excluding tert-OH is 1. The standard InChI is InChI=1S/C14H24N2OS/c1-11(10-18-14(2,3)4)16-9-13(17)12-5-7-15-8-6-12/h5-8,11,13,16-17H,9-10H2,1-4H3. The van der Waals surface area contributed by atoms with E-state index in [9.17, 15) is 5.11 Å². The van der Waals surface area contributed by atoms with Gasteiger partial charge in [0.15, 0.2) is 0 Å². The Morgan fingerprint density at radius 2 is 1.94 bits per heavy atom. The Kier molecular flexibility index (Phi) is 6.12. The van der Waals surface area contributed by atoms with Crippen LogP contribution in [0.4, 0.5) is 0 Å². The van der Waals surface area contributed by atoms with Gasteiger partial charge < -0.3 is 10.4 Å². The van der Waals surface area contributed by atoms with Gasteiger partial charge in [-0.05, 0) is 24.6 Å². The first-order valence-corrected chi connectivity index (χ1v) is 7.32. The van der Waals surface area contributed by atoms with Gasteiger partial charge in [-0.3, -0.25) is 4.98 Å². The van der Waals surface area contributed by atoms with Gasteiger partial charge in [-0.1, -0.05) is 20.8 Å². The van der Waals surface area contributed by atoms with Crippen LogP contribution in [0.25, 0.3) is 0 Å². The molecule has 0 fully saturated rings. The normalized spacial score (nSPS) is 15.4. The molecule has 0 aliphatic heterocycles. The molecule has 0 spiro atoms. The van der Waals surface area contributed by atoms with E-state index < -0.39 is 6.10 Å². The third-order valence-electron chi connectivity index (χ3n) is 2.52. The number of nitrogens with zero attached hydrogens (tertiary/aromatic N) is 1. The van der Waals surface area contributed by atoms with E-state index in [2.05, 4.69) is 38.0 Å². The maximum atomic E-state index is 10.0. The first-order chi connectivity index (χ1) is 8.38. The molecular formula is C14H24N2OS. The highest BCUT2D eigenvalue weighted by atomic mass is 32.2. The molecule has 0 aliphatic rings. The Morgan fingerprint density at radius 3 is 2.50 bits per heavy atom. The largest absolute Gasteiger partial charge is 0.387 e. The minimum absolute atomic E-state index is 0.291. The van der Waals surface area contributed by atoms with Crippen molar-refractivity contribution in [2.24, 2.45) is 0 Å². The zero-order valence-corrected chi connectivity index (χ0v) is 12.5. The molecule has 0 aliphatic carbocycles. The lowest BCUT2D eigenvalue weighted by molar-refractivity contribution is 0.172. The van der Waals surface area contributed by atoms with Gasteiger partial charge in [0.05, 0.1) is 6.10 Å². The molecule has 0 aromatic carbocycles. The molecule has 2 unspecified atom stereocenters. The second-order valence-electron chi connectivity index (χ2n) is 5.53. The first-order valence-electron chi connectivity index (χ1n) is 6.34. The molecule has 3 nitrogen and oxygen atoms in total. The van der Waals surface area contributed by atoms with Crippen molar-refractivity contribution in [3.8, 4) is 0 Å². The Morgan fingerprint density at radius 1 is 1.33 bits per heavy atom. The predicted molar refractivity (Wildman–Crippen MR) is 78.9 cm³/mol. The summed E-state index contributed by atoms with van der Waals surface area (Å²) in [7, 11) is 0. The lowest BCUT2D eigenvalue weighted by Crippen LogP contribution is -2.33. The third-order valence-corrected chi connectivity index (χ3v) is 4.05. The summed E-state index contributed by atoms with van der Waals surface area (Å²) in [6, 6.07) is 4.09. The van der Waals surface area contributed by atoms with E-state index in [-0.39, 0.29) is 0 Å². The summed E-state index contributed by atoms with van der Waals surface area (Å²) >= 11 is 1.94. The molecule has 0 bridgehead atoms. The second kappa shape index (κ2) is 7.12. The van der Waals surface area contributed by atoms with Gasteiger partial charge in [0.25, 0.3) is 0 Å². The fourth-order valence-electron chi connectivity index (χ4n) is 1.45. The van der Waals surface area contributed by atoms with Crippen molar-refractivity contribution in [1.82, 2.24) is 10.3 Å². The third kappa shape index (κ3) is 6.38. The fourth-order valence-corrected chi connectivity index (χ4v) is 2.32. The van der Waals surface area contributed by atoms with E-state index in [1.807, 2.05) is 23.9 Å². The maximum absolute atomic E-state index is 10.0. The zero-order chi connectivity index (χ0) is 13.6. The highest BCUT2D eigenvalue weighted by molar-refractivity contribution is 8.00. The summed E-state index contributed by atoms with van der Waals surface area (Å²) in [4.78, 5) is 3.94. The van der Waals surface area contributed by atoms with Crippen molar-refractivity contribution < 1.29 is 5.11 Å². The highest BCUT2D eigenvalue weighted by Crippen LogP contribution is 2.23. The number of thioether (sulfide) groups is 1. The average Bonchev–Trinajstić information content (AvgIpc) is 2.33. The molecule has 1 aromatic rings. The number of nitrogens with one attached hydrogen (secondary N) is 1. The van der Waals surface area contributed by atoms with Crippen LogP contribution in [-0.2, 0) is 0 Å². The van der Waals surface area contributed by atoms with Gasteiger partial charge in [0.2, 0.25) is 0 Å². The van der Waals surface area contributed by atoms with Crippen molar-refractivity contribution in [3.63, 3.8) is 0 Å². The second-order valence-corrected chi connectivity index (χ2v) is 7.38. The van der Waals surface area contributed by atoms with Gasteiger partial charge in [0, 0.05) is 35.5 Å². The smallest absolute Gasteiger partial charge is 0.0915 e. The van der Waals surface area contributed by atoms with Crippen molar-refractivity contribution in [2.45, 2.75) is 44.6 Å². The van der Waals surface area contributed by atoms with E-state index in [0.717, 1.165) is 11.3 Å². The average molecular weight is 268 g/mol. The topological polar surface area (TPSA) is 45.1 Å². The SMILES string of the molecule is CC(CSC(C)(C)C)NCC(O)c1ccncc1. The molecule has 1 heterocycles. The van der Waals surface area contributed by atoms with Crippen LogP contribution in [0.1, 0.15) is 39.4 Å². The zero-order valence-electron chi connectivity index (χ0n) is 11.7. The molecule has 0 radical (unpaired) electrons. The molecule has 0 saturated heterocycles. The number of rotatable bonds is 6. The number of aromatic nitrogens is 1. The lowest BCUT2D eigenvalue weighted by Gasteiger charge is -2.22. The van der Waals surface area contributed by atoms with Crippen molar-refractivity contribution >= 4 is 11.8 Å². The first kappa shape index (κ1) is 15.5. The molecule has 1 aromatic heterocycles. The molecule has 4 heteroatoms. The maximum Gasteiger partial charge on any atom is 0.0915 e. The molecule has 1 rings (SSSR count). The van der Waals surface area contributed by atoms with Crippen LogP contribution in [0.15, 0.2) is 24.5 Å². The molecule has 0 saturated carbocycles. The van der Waals surface area contributed by atoms with E-state index in [1.54, 1.807) is 12.4 Å². The van der Waals surface area contributed by atoms with E-state index in [0.29, 0.717) is 17.3 Å². The molecule has 2 atom stereocenters. The van der Waals surface area contributed by atoms with Gasteiger partial charge in [-0.2, -0.15) is 11.8 Å². The van der Waals surface area contributed by atoms with Crippen LogP contribution in [0.5, 0.6) is 0 Å². The van der Waals surface area contributed by atoms with Crippen LogP contribution in [0.3, 0.4) is 0 Å². The molecule has 102 valence electrons. The predicted octanol–water partition coefficient (Wildman–Crippen LogP) is 2.62. The van der Waals surface area contributed by atoms with E-state index >= 15 is 0 Å². The van der Waals surface area contributed by atoms with Gasteiger partial charge in [-0.15, -0.1) is 0 Å². The number of aliphatic hydroxyl groups is 1. The monoisotopic (exact) mass is 268 g/mol. The fraction of sp³-hybridized carbons (Fsp3) is 0.643. The summed E-state index contributed by atoms with van der Waals surface area (Å²) in [5, 5.41) is 13.4. The van der Waals surface area contributed by atoms with Crippen LogP contribution >= 0.6 is 11.8 Å². The number of hydrogen-bond donors (Lipinski definition) is 2. The van der Waals surface area contributed by atoms with Crippen molar-refractivity contribution in [3.05, 3.63) is 30.1 Å². The molecule has 2 N–H and O–H groups in total.